The average molecular weight is 245 g/mol. The lowest BCUT2D eigenvalue weighted by atomic mass is 9.97. The van der Waals surface area contributed by atoms with Gasteiger partial charge >= 0.3 is 0 Å². The fourth-order valence-electron chi connectivity index (χ4n) is 2.35. The lowest BCUT2D eigenvalue weighted by Gasteiger charge is -2.13. The molecule has 96 valence electrons. The van der Waals surface area contributed by atoms with Crippen molar-refractivity contribution in [3.05, 3.63) is 29.0 Å². The van der Waals surface area contributed by atoms with Crippen LogP contribution in [0.5, 0.6) is 5.75 Å². The molecule has 2 rings (SSSR count). The maximum absolute atomic E-state index is 6.02. The van der Waals surface area contributed by atoms with Gasteiger partial charge in [0.1, 0.15) is 5.75 Å². The maximum atomic E-state index is 6.02. The molecule has 0 aliphatic heterocycles. The summed E-state index contributed by atoms with van der Waals surface area (Å²) in [6.07, 6.45) is 0. The van der Waals surface area contributed by atoms with Gasteiger partial charge in [-0.15, -0.1) is 0 Å². The zero-order valence-corrected chi connectivity index (χ0v) is 11.5. The highest BCUT2D eigenvalue weighted by molar-refractivity contribution is 5.83. The van der Waals surface area contributed by atoms with Gasteiger partial charge in [0.25, 0.3) is 0 Å². The number of aromatic nitrogens is 2. The molecular weight excluding hydrogens is 226 g/mol. The van der Waals surface area contributed by atoms with Crippen molar-refractivity contribution in [2.45, 2.75) is 20.8 Å². The summed E-state index contributed by atoms with van der Waals surface area (Å²) in [6, 6.07) is 4.15. The highest BCUT2D eigenvalue weighted by atomic mass is 16.5. The van der Waals surface area contributed by atoms with Gasteiger partial charge in [-0.1, -0.05) is 6.07 Å². The molecule has 1 aromatic carbocycles. The first-order valence-electron chi connectivity index (χ1n) is 5.90. The van der Waals surface area contributed by atoms with Crippen LogP contribution >= 0.6 is 0 Å². The fourth-order valence-corrected chi connectivity index (χ4v) is 2.35. The van der Waals surface area contributed by atoms with E-state index in [0.717, 1.165) is 28.1 Å². The molecule has 2 aromatic rings. The number of nitrogens with two attached hydrogens (primary N) is 1. The molecule has 0 saturated carbocycles. The molecule has 0 atom stereocenters. The van der Waals surface area contributed by atoms with Crippen LogP contribution in [-0.2, 0) is 7.05 Å². The van der Waals surface area contributed by atoms with Gasteiger partial charge < -0.3 is 10.5 Å². The summed E-state index contributed by atoms with van der Waals surface area (Å²) in [6.45, 7) is 6.13. The summed E-state index contributed by atoms with van der Waals surface area (Å²) in [7, 11) is 3.57. The van der Waals surface area contributed by atoms with Crippen LogP contribution in [0.2, 0.25) is 0 Å². The van der Waals surface area contributed by atoms with Gasteiger partial charge in [-0.2, -0.15) is 5.10 Å². The van der Waals surface area contributed by atoms with Crippen LogP contribution in [0.4, 0.5) is 5.82 Å². The molecule has 2 N–H and O–H groups in total. The number of hydrogen-bond acceptors (Lipinski definition) is 3. The van der Waals surface area contributed by atoms with Gasteiger partial charge in [0.05, 0.1) is 12.7 Å². The van der Waals surface area contributed by atoms with E-state index < -0.39 is 0 Å². The predicted octanol–water partition coefficient (Wildman–Crippen LogP) is 2.60. The first-order valence-corrected chi connectivity index (χ1v) is 5.90. The molecule has 0 aliphatic rings. The number of nitrogens with zero attached hydrogens (tertiary/aromatic N) is 2. The van der Waals surface area contributed by atoms with Crippen molar-refractivity contribution in [3.8, 4) is 16.9 Å². The van der Waals surface area contributed by atoms with Crippen molar-refractivity contribution < 1.29 is 4.74 Å². The lowest BCUT2D eigenvalue weighted by molar-refractivity contribution is 0.416. The zero-order valence-electron chi connectivity index (χ0n) is 11.5. The average Bonchev–Trinajstić information content (AvgIpc) is 2.54. The molecule has 1 aromatic heterocycles. The summed E-state index contributed by atoms with van der Waals surface area (Å²) in [5, 5.41) is 4.26. The maximum Gasteiger partial charge on any atom is 0.153 e. The van der Waals surface area contributed by atoms with E-state index in [9.17, 15) is 0 Å². The number of methoxy groups -OCH3 is 1. The molecule has 0 saturated heterocycles. The Morgan fingerprint density at radius 2 is 1.83 bits per heavy atom. The van der Waals surface area contributed by atoms with Gasteiger partial charge in [-0.25, -0.2) is 0 Å². The van der Waals surface area contributed by atoms with Crippen molar-refractivity contribution in [1.82, 2.24) is 9.78 Å². The molecule has 4 heteroatoms. The minimum Gasteiger partial charge on any atom is -0.496 e. The largest absolute Gasteiger partial charge is 0.496 e. The number of anilines is 1. The Hall–Kier alpha value is -1.97. The van der Waals surface area contributed by atoms with Gasteiger partial charge in [0, 0.05) is 18.3 Å². The molecule has 0 amide bonds. The Balaban J connectivity index is 2.78. The summed E-state index contributed by atoms with van der Waals surface area (Å²) >= 11 is 0. The monoisotopic (exact) mass is 245 g/mol. The molecule has 4 nitrogen and oxygen atoms in total. The van der Waals surface area contributed by atoms with Crippen molar-refractivity contribution in [2.75, 3.05) is 12.8 Å². The molecule has 0 bridgehead atoms. The van der Waals surface area contributed by atoms with E-state index in [1.54, 1.807) is 11.8 Å². The van der Waals surface area contributed by atoms with E-state index in [0.29, 0.717) is 5.82 Å². The highest BCUT2D eigenvalue weighted by Gasteiger charge is 2.18. The van der Waals surface area contributed by atoms with Crippen molar-refractivity contribution in [3.63, 3.8) is 0 Å². The van der Waals surface area contributed by atoms with E-state index in [2.05, 4.69) is 25.0 Å². The smallest absolute Gasteiger partial charge is 0.153 e. The van der Waals surface area contributed by atoms with Crippen LogP contribution in [0.25, 0.3) is 11.1 Å². The van der Waals surface area contributed by atoms with E-state index in [1.807, 2.05) is 20.0 Å². The Morgan fingerprint density at radius 1 is 1.17 bits per heavy atom. The quantitative estimate of drug-likeness (QED) is 0.884. The minimum atomic E-state index is 0.542. The molecule has 18 heavy (non-hydrogen) atoms. The lowest BCUT2D eigenvalue weighted by Crippen LogP contribution is -1.96. The van der Waals surface area contributed by atoms with Crippen molar-refractivity contribution >= 4 is 5.82 Å². The van der Waals surface area contributed by atoms with E-state index in [-0.39, 0.29) is 0 Å². The molecule has 0 radical (unpaired) electrons. The van der Waals surface area contributed by atoms with E-state index >= 15 is 0 Å². The van der Waals surface area contributed by atoms with Crippen LogP contribution in [-0.4, -0.2) is 16.9 Å². The van der Waals surface area contributed by atoms with E-state index in [4.69, 9.17) is 10.5 Å². The number of rotatable bonds is 2. The first-order chi connectivity index (χ1) is 8.45. The number of aryl methyl sites for hydroxylation is 3. The molecule has 1 heterocycles. The summed E-state index contributed by atoms with van der Waals surface area (Å²) in [4.78, 5) is 0. The Labute approximate surface area is 107 Å². The normalized spacial score (nSPS) is 10.7. The van der Waals surface area contributed by atoms with Crippen molar-refractivity contribution in [1.29, 1.82) is 0 Å². The second-order valence-electron chi connectivity index (χ2n) is 4.63. The SMILES string of the molecule is COc1cc(C)cc(C)c1-c1c(N)nn(C)c1C. The van der Waals surface area contributed by atoms with Gasteiger partial charge in [0.15, 0.2) is 5.82 Å². The standard InChI is InChI=1S/C14H19N3O/c1-8-6-9(2)12(11(7-8)18-5)13-10(3)17(4)16-14(13)15/h6-7H,1-5H3,(H2,15,16). The number of ether oxygens (including phenoxy) is 1. The number of nitrogen functional groups attached to an aromatic ring is 1. The Kier molecular flexibility index (Phi) is 3.03. The van der Waals surface area contributed by atoms with Crippen LogP contribution in [0.3, 0.4) is 0 Å². The van der Waals surface area contributed by atoms with Crippen LogP contribution in [0.1, 0.15) is 16.8 Å². The second-order valence-corrected chi connectivity index (χ2v) is 4.63. The molecule has 0 unspecified atom stereocenters. The second kappa shape index (κ2) is 4.37. The van der Waals surface area contributed by atoms with Crippen molar-refractivity contribution in [2.24, 2.45) is 7.05 Å². The van der Waals surface area contributed by atoms with Crippen LogP contribution < -0.4 is 10.5 Å². The minimum absolute atomic E-state index is 0.542. The zero-order chi connectivity index (χ0) is 13.4. The van der Waals surface area contributed by atoms with Crippen LogP contribution in [0.15, 0.2) is 12.1 Å². The molecule has 0 aliphatic carbocycles. The summed E-state index contributed by atoms with van der Waals surface area (Å²) < 4.78 is 7.28. The summed E-state index contributed by atoms with van der Waals surface area (Å²) in [5.41, 5.74) is 11.4. The third-order valence-corrected chi connectivity index (χ3v) is 3.27. The fraction of sp³-hybridized carbons (Fsp3) is 0.357. The van der Waals surface area contributed by atoms with Gasteiger partial charge in [-0.3, -0.25) is 4.68 Å². The molecule has 0 fully saturated rings. The van der Waals surface area contributed by atoms with Crippen LogP contribution in [0, 0.1) is 20.8 Å². The number of hydrogen-bond donors (Lipinski definition) is 1. The topological polar surface area (TPSA) is 53.1 Å². The third-order valence-electron chi connectivity index (χ3n) is 3.27. The molecule has 0 spiro atoms. The molecular formula is C14H19N3O. The van der Waals surface area contributed by atoms with E-state index in [1.165, 1.54) is 5.56 Å². The van der Waals surface area contributed by atoms with Gasteiger partial charge in [-0.05, 0) is 38.0 Å². The number of benzene rings is 1. The predicted molar refractivity (Wildman–Crippen MR) is 73.8 cm³/mol. The Bertz CT molecular complexity index is 600. The summed E-state index contributed by atoms with van der Waals surface area (Å²) in [5.74, 6) is 1.38. The highest BCUT2D eigenvalue weighted by Crippen LogP contribution is 2.38. The Morgan fingerprint density at radius 3 is 2.33 bits per heavy atom. The first kappa shape index (κ1) is 12.5. The van der Waals surface area contributed by atoms with Gasteiger partial charge in [0.2, 0.25) is 0 Å². The third kappa shape index (κ3) is 1.83.